The topological polar surface area (TPSA) is 9.23 Å². The van der Waals surface area contributed by atoms with E-state index in [0.29, 0.717) is 0 Å². The second-order valence-electron chi connectivity index (χ2n) is 1.40. The summed E-state index contributed by atoms with van der Waals surface area (Å²) in [5.74, 6) is 0. The van der Waals surface area contributed by atoms with E-state index in [-0.39, 0.29) is 12.4 Å². The zero-order valence-electron chi connectivity index (χ0n) is 5.35. The molecule has 0 rings (SSSR count). The van der Waals surface area contributed by atoms with Crippen LogP contribution in [0.2, 0.25) is 3.93 Å². The van der Waals surface area contributed by atoms with Gasteiger partial charge < -0.3 is 0 Å². The van der Waals surface area contributed by atoms with Crippen LogP contribution < -0.4 is 0 Å². The molecule has 0 aliphatic heterocycles. The second-order valence-corrected chi connectivity index (χ2v) is 4.15. The standard InChI is InChI=1S/C5H11O.ClH.Hg/c1-3-5-6-4-2;;/h1,3-5H2,2H3;1H;. The number of hydrogen-bond acceptors (Lipinski definition) is 1. The first kappa shape index (κ1) is 11.9. The first-order chi connectivity index (χ1) is 3.41. The van der Waals surface area contributed by atoms with Gasteiger partial charge in [0.1, 0.15) is 0 Å². The van der Waals surface area contributed by atoms with Crippen molar-refractivity contribution in [2.24, 2.45) is 0 Å². The molecule has 0 aromatic carbocycles. The summed E-state index contributed by atoms with van der Waals surface area (Å²) in [6.07, 6.45) is 1.29. The van der Waals surface area contributed by atoms with Crippen molar-refractivity contribution >= 4 is 12.4 Å². The SMILES string of the molecule is CCOCC[CH2][Hg].Cl. The van der Waals surface area contributed by atoms with Crippen molar-refractivity contribution < 1.29 is 30.9 Å². The van der Waals surface area contributed by atoms with E-state index in [1.807, 2.05) is 6.92 Å². The van der Waals surface area contributed by atoms with E-state index in [4.69, 9.17) is 4.74 Å². The van der Waals surface area contributed by atoms with Crippen LogP contribution >= 0.6 is 12.4 Å². The molecule has 8 heavy (non-hydrogen) atoms. The van der Waals surface area contributed by atoms with E-state index in [9.17, 15) is 0 Å². The molecule has 3 heteroatoms. The third-order valence-electron chi connectivity index (χ3n) is 0.743. The molecule has 0 N–H and O–H groups in total. The average molecular weight is 324 g/mol. The molecule has 0 unspecified atom stereocenters. The Balaban J connectivity index is 0. The van der Waals surface area contributed by atoms with Crippen molar-refractivity contribution in [1.82, 2.24) is 0 Å². The smallest absolute Gasteiger partial charge is 0.147 e. The summed E-state index contributed by atoms with van der Waals surface area (Å²) in [5, 5.41) is 0. The molecule has 0 amide bonds. The van der Waals surface area contributed by atoms with Gasteiger partial charge in [0.15, 0.2) is 0 Å². The Kier molecular flexibility index (Phi) is 16.5. The Hall–Kier alpha value is 1.19. The fourth-order valence-electron chi connectivity index (χ4n) is 0.348. The fourth-order valence-corrected chi connectivity index (χ4v) is 1.14. The molecule has 47 valence electrons. The number of hydrogen-bond donors (Lipinski definition) is 0. The Morgan fingerprint density at radius 1 is 1.50 bits per heavy atom. The van der Waals surface area contributed by atoms with E-state index in [0.717, 1.165) is 39.3 Å². The maximum Gasteiger partial charge on any atom is -0.147 e. The van der Waals surface area contributed by atoms with Crippen LogP contribution in [0.25, 0.3) is 0 Å². The first-order valence-electron chi connectivity index (χ1n) is 2.78. The van der Waals surface area contributed by atoms with Crippen LogP contribution in [0.5, 0.6) is 0 Å². The minimum Gasteiger partial charge on any atom is -0.147 e. The van der Waals surface area contributed by atoms with Crippen molar-refractivity contribution in [3.05, 3.63) is 0 Å². The largest absolute Gasteiger partial charge is 0.147 e. The molecule has 0 aromatic heterocycles. The molecule has 0 aromatic rings. The molecular formula is C5H12ClHgO. The van der Waals surface area contributed by atoms with Gasteiger partial charge in [0.2, 0.25) is 0 Å². The predicted octanol–water partition coefficient (Wildman–Crippen LogP) is 1.80. The maximum atomic E-state index is 5.11. The second kappa shape index (κ2) is 11.0. The maximum absolute atomic E-state index is 5.11. The van der Waals surface area contributed by atoms with Gasteiger partial charge in [-0.3, -0.25) is 0 Å². The average Bonchev–Trinajstić information content (AvgIpc) is 1.69. The number of halogens is 1. The van der Waals surface area contributed by atoms with Crippen LogP contribution in [-0.4, -0.2) is 13.2 Å². The van der Waals surface area contributed by atoms with Crippen molar-refractivity contribution in [1.29, 1.82) is 0 Å². The van der Waals surface area contributed by atoms with Crippen LogP contribution in [0.4, 0.5) is 0 Å². The van der Waals surface area contributed by atoms with Gasteiger partial charge in [0.05, 0.1) is 0 Å². The summed E-state index contributed by atoms with van der Waals surface area (Å²) >= 11 is 0.990. The summed E-state index contributed by atoms with van der Waals surface area (Å²) in [6, 6.07) is 0. The van der Waals surface area contributed by atoms with E-state index in [2.05, 4.69) is 0 Å². The molecule has 0 fully saturated rings. The van der Waals surface area contributed by atoms with Crippen molar-refractivity contribution in [2.75, 3.05) is 13.2 Å². The molecule has 0 saturated heterocycles. The van der Waals surface area contributed by atoms with Gasteiger partial charge in [-0.15, -0.1) is 12.4 Å². The van der Waals surface area contributed by atoms with E-state index >= 15 is 0 Å². The van der Waals surface area contributed by atoms with E-state index < -0.39 is 0 Å². The number of rotatable bonds is 4. The molecule has 0 spiro atoms. The van der Waals surface area contributed by atoms with Crippen molar-refractivity contribution in [3.8, 4) is 0 Å². The van der Waals surface area contributed by atoms with Crippen LogP contribution in [0.15, 0.2) is 0 Å². The first-order valence-corrected chi connectivity index (χ1v) is 6.67. The summed E-state index contributed by atoms with van der Waals surface area (Å²) in [7, 11) is 0. The van der Waals surface area contributed by atoms with Gasteiger partial charge in [0.25, 0.3) is 0 Å². The Morgan fingerprint density at radius 3 is 2.50 bits per heavy atom. The monoisotopic (exact) mass is 325 g/mol. The third kappa shape index (κ3) is 10.2. The number of ether oxygens (including phenoxy) is 1. The Morgan fingerprint density at radius 2 is 2.12 bits per heavy atom. The van der Waals surface area contributed by atoms with E-state index in [1.54, 1.807) is 0 Å². The molecular weight excluding hydrogens is 312 g/mol. The van der Waals surface area contributed by atoms with Crippen LogP contribution in [-0.2, 0) is 30.9 Å². The third-order valence-corrected chi connectivity index (χ3v) is 2.69. The summed E-state index contributed by atoms with van der Waals surface area (Å²) in [5.41, 5.74) is 0. The van der Waals surface area contributed by atoms with Crippen LogP contribution in [0.3, 0.4) is 0 Å². The predicted molar refractivity (Wildman–Crippen MR) is 33.2 cm³/mol. The minimum atomic E-state index is 0. The minimum absolute atomic E-state index is 0. The quantitative estimate of drug-likeness (QED) is 0.566. The molecule has 0 radical (unpaired) electrons. The molecule has 0 bridgehead atoms. The molecule has 1 nitrogen and oxygen atoms in total. The summed E-state index contributed by atoms with van der Waals surface area (Å²) in [6.45, 7) is 3.91. The van der Waals surface area contributed by atoms with Crippen molar-refractivity contribution in [3.63, 3.8) is 0 Å². The summed E-state index contributed by atoms with van der Waals surface area (Å²) < 4.78 is 6.54. The van der Waals surface area contributed by atoms with E-state index in [1.165, 1.54) is 10.4 Å². The van der Waals surface area contributed by atoms with Gasteiger partial charge in [-0.25, -0.2) is 0 Å². The van der Waals surface area contributed by atoms with Gasteiger partial charge in [-0.05, 0) is 0 Å². The van der Waals surface area contributed by atoms with Crippen molar-refractivity contribution in [2.45, 2.75) is 17.3 Å². The molecule has 0 saturated carbocycles. The molecule has 0 heterocycles. The van der Waals surface area contributed by atoms with Gasteiger partial charge >= 0.3 is 61.3 Å². The Labute approximate surface area is 73.6 Å². The normalized spacial score (nSPS) is 8.38. The van der Waals surface area contributed by atoms with Crippen LogP contribution in [0.1, 0.15) is 13.3 Å². The zero-order chi connectivity index (χ0) is 5.54. The van der Waals surface area contributed by atoms with Gasteiger partial charge in [0, 0.05) is 0 Å². The summed E-state index contributed by atoms with van der Waals surface area (Å²) in [4.78, 5) is 0. The van der Waals surface area contributed by atoms with Gasteiger partial charge in [-0.2, -0.15) is 0 Å². The van der Waals surface area contributed by atoms with Crippen LogP contribution in [0, 0.1) is 0 Å². The zero-order valence-corrected chi connectivity index (χ0v) is 11.7. The fraction of sp³-hybridized carbons (Fsp3) is 1.00. The molecule has 0 atom stereocenters. The van der Waals surface area contributed by atoms with Gasteiger partial charge in [-0.1, -0.05) is 0 Å². The molecule has 0 aliphatic carbocycles. The molecule has 0 aliphatic rings. The Bertz CT molecular complexity index is 31.6.